The lowest BCUT2D eigenvalue weighted by molar-refractivity contribution is -0.116. The van der Waals surface area contributed by atoms with Crippen LogP contribution in [0.1, 0.15) is 12.5 Å². The van der Waals surface area contributed by atoms with Crippen molar-refractivity contribution in [3.63, 3.8) is 0 Å². The summed E-state index contributed by atoms with van der Waals surface area (Å²) < 4.78 is 0. The fraction of sp³-hybridized carbons (Fsp3) is 0.214. The molecule has 1 N–H and O–H groups in total. The van der Waals surface area contributed by atoms with Crippen molar-refractivity contribution in [2.45, 2.75) is 13.5 Å². The molecule has 0 saturated carbocycles. The van der Waals surface area contributed by atoms with Crippen LogP contribution in [0.2, 0.25) is 0 Å². The molecule has 0 aromatic heterocycles. The highest BCUT2D eigenvalue weighted by Gasteiger charge is 1.97. The van der Waals surface area contributed by atoms with Gasteiger partial charge in [0, 0.05) is 6.54 Å². The highest BCUT2D eigenvalue weighted by Crippen LogP contribution is 2.15. The van der Waals surface area contributed by atoms with Crippen LogP contribution in [-0.2, 0) is 11.3 Å². The van der Waals surface area contributed by atoms with Gasteiger partial charge in [0.2, 0.25) is 0 Å². The standard InChI is InChI=1S/C14H15NO/c1-11(16)9-15-10-12-6-7-13-4-2-3-5-14(13)8-12/h2-8,15H,9-10H2,1H3. The summed E-state index contributed by atoms with van der Waals surface area (Å²) in [6.45, 7) is 2.77. The summed E-state index contributed by atoms with van der Waals surface area (Å²) in [6, 6.07) is 14.6. The number of nitrogens with one attached hydrogen (secondary N) is 1. The van der Waals surface area contributed by atoms with Gasteiger partial charge in [0.1, 0.15) is 5.78 Å². The molecule has 0 amide bonds. The van der Waals surface area contributed by atoms with Crippen LogP contribution < -0.4 is 5.32 Å². The average Bonchev–Trinajstić information content (AvgIpc) is 2.28. The van der Waals surface area contributed by atoms with Gasteiger partial charge in [-0.1, -0.05) is 36.4 Å². The van der Waals surface area contributed by atoms with Crippen molar-refractivity contribution < 1.29 is 4.79 Å². The van der Waals surface area contributed by atoms with Gasteiger partial charge in [-0.2, -0.15) is 0 Å². The van der Waals surface area contributed by atoms with E-state index in [0.29, 0.717) is 6.54 Å². The first-order chi connectivity index (χ1) is 7.75. The smallest absolute Gasteiger partial charge is 0.143 e. The lowest BCUT2D eigenvalue weighted by Gasteiger charge is -2.04. The summed E-state index contributed by atoms with van der Waals surface area (Å²) in [5, 5.41) is 5.60. The summed E-state index contributed by atoms with van der Waals surface area (Å²) in [5.74, 6) is 0.167. The minimum absolute atomic E-state index is 0.167. The van der Waals surface area contributed by atoms with Crippen LogP contribution in [0.4, 0.5) is 0 Å². The van der Waals surface area contributed by atoms with E-state index in [2.05, 4.69) is 35.6 Å². The predicted octanol–water partition coefficient (Wildman–Crippen LogP) is 2.52. The van der Waals surface area contributed by atoms with Crippen molar-refractivity contribution in [1.29, 1.82) is 0 Å². The third-order valence-corrected chi connectivity index (χ3v) is 2.52. The second-order valence-corrected chi connectivity index (χ2v) is 3.99. The van der Waals surface area contributed by atoms with E-state index >= 15 is 0 Å². The van der Waals surface area contributed by atoms with Crippen LogP contribution in [0.5, 0.6) is 0 Å². The zero-order valence-corrected chi connectivity index (χ0v) is 9.36. The Bertz CT molecular complexity index is 505. The van der Waals surface area contributed by atoms with E-state index in [1.54, 1.807) is 6.92 Å². The van der Waals surface area contributed by atoms with E-state index in [9.17, 15) is 4.79 Å². The number of Topliss-reactive ketones (excluding diaryl/α,β-unsaturated/α-hetero) is 1. The molecule has 82 valence electrons. The maximum absolute atomic E-state index is 10.8. The quantitative estimate of drug-likeness (QED) is 0.845. The largest absolute Gasteiger partial charge is 0.306 e. The first-order valence-electron chi connectivity index (χ1n) is 5.43. The van der Waals surface area contributed by atoms with Gasteiger partial charge in [0.05, 0.1) is 6.54 Å². The van der Waals surface area contributed by atoms with Gasteiger partial charge in [-0.3, -0.25) is 4.79 Å². The maximum atomic E-state index is 10.8. The Hall–Kier alpha value is -1.67. The highest BCUT2D eigenvalue weighted by atomic mass is 16.1. The third kappa shape index (κ3) is 2.67. The van der Waals surface area contributed by atoms with E-state index in [-0.39, 0.29) is 5.78 Å². The summed E-state index contributed by atoms with van der Waals surface area (Å²) in [6.07, 6.45) is 0. The first-order valence-corrected chi connectivity index (χ1v) is 5.43. The van der Waals surface area contributed by atoms with Crippen LogP contribution in [0.15, 0.2) is 42.5 Å². The van der Waals surface area contributed by atoms with Gasteiger partial charge in [-0.25, -0.2) is 0 Å². The summed E-state index contributed by atoms with van der Waals surface area (Å²) in [7, 11) is 0. The van der Waals surface area contributed by atoms with Crippen molar-refractivity contribution in [3.8, 4) is 0 Å². The van der Waals surface area contributed by atoms with Gasteiger partial charge >= 0.3 is 0 Å². The second kappa shape index (κ2) is 4.90. The molecule has 0 atom stereocenters. The van der Waals surface area contributed by atoms with Crippen LogP contribution in [-0.4, -0.2) is 12.3 Å². The molecular formula is C14H15NO. The minimum Gasteiger partial charge on any atom is -0.306 e. The van der Waals surface area contributed by atoms with Gasteiger partial charge < -0.3 is 5.32 Å². The van der Waals surface area contributed by atoms with Crippen molar-refractivity contribution in [1.82, 2.24) is 5.32 Å². The summed E-state index contributed by atoms with van der Waals surface area (Å²) in [5.41, 5.74) is 1.21. The monoisotopic (exact) mass is 213 g/mol. The Labute approximate surface area is 95.3 Å². The molecule has 16 heavy (non-hydrogen) atoms. The van der Waals surface area contributed by atoms with E-state index in [0.717, 1.165) is 6.54 Å². The molecule has 0 saturated heterocycles. The van der Waals surface area contributed by atoms with Gasteiger partial charge in [-0.15, -0.1) is 0 Å². The van der Waals surface area contributed by atoms with E-state index < -0.39 is 0 Å². The molecule has 2 aromatic carbocycles. The fourth-order valence-corrected chi connectivity index (χ4v) is 1.73. The predicted molar refractivity (Wildman–Crippen MR) is 66.3 cm³/mol. The molecule has 2 aromatic rings. The lowest BCUT2D eigenvalue weighted by Crippen LogP contribution is -2.20. The number of carbonyl (C=O) groups excluding carboxylic acids is 1. The number of hydrogen-bond acceptors (Lipinski definition) is 2. The number of ketones is 1. The van der Waals surface area contributed by atoms with Gasteiger partial charge in [0.15, 0.2) is 0 Å². The molecule has 2 heteroatoms. The second-order valence-electron chi connectivity index (χ2n) is 3.99. The van der Waals surface area contributed by atoms with Crippen LogP contribution in [0.3, 0.4) is 0 Å². The molecular weight excluding hydrogens is 198 g/mol. The Morgan fingerprint density at radius 1 is 1.12 bits per heavy atom. The average molecular weight is 213 g/mol. The number of fused-ring (bicyclic) bond motifs is 1. The molecule has 0 spiro atoms. The SMILES string of the molecule is CC(=O)CNCc1ccc2ccccc2c1. The van der Waals surface area contributed by atoms with Crippen LogP contribution in [0.25, 0.3) is 10.8 Å². The minimum atomic E-state index is 0.167. The lowest BCUT2D eigenvalue weighted by atomic mass is 10.1. The number of rotatable bonds is 4. The topological polar surface area (TPSA) is 29.1 Å². The van der Waals surface area contributed by atoms with E-state index in [4.69, 9.17) is 0 Å². The number of benzene rings is 2. The normalized spacial score (nSPS) is 10.6. The third-order valence-electron chi connectivity index (χ3n) is 2.52. The Kier molecular flexibility index (Phi) is 3.32. The molecule has 2 rings (SSSR count). The molecule has 0 unspecified atom stereocenters. The maximum Gasteiger partial charge on any atom is 0.143 e. The summed E-state index contributed by atoms with van der Waals surface area (Å²) >= 11 is 0. The zero-order valence-electron chi connectivity index (χ0n) is 9.36. The molecule has 0 aliphatic rings. The van der Waals surface area contributed by atoms with Crippen LogP contribution >= 0.6 is 0 Å². The Morgan fingerprint density at radius 3 is 2.62 bits per heavy atom. The molecule has 0 fully saturated rings. The Morgan fingerprint density at radius 2 is 1.88 bits per heavy atom. The Balaban J connectivity index is 2.10. The van der Waals surface area contributed by atoms with Crippen molar-refractivity contribution in [3.05, 3.63) is 48.0 Å². The first kappa shape index (κ1) is 10.8. The molecule has 0 aliphatic carbocycles. The fourth-order valence-electron chi connectivity index (χ4n) is 1.73. The zero-order chi connectivity index (χ0) is 11.4. The molecule has 2 nitrogen and oxygen atoms in total. The van der Waals surface area contributed by atoms with Crippen molar-refractivity contribution >= 4 is 16.6 Å². The molecule has 0 bridgehead atoms. The summed E-state index contributed by atoms with van der Waals surface area (Å²) in [4.78, 5) is 10.8. The van der Waals surface area contributed by atoms with Gasteiger partial charge in [0.25, 0.3) is 0 Å². The van der Waals surface area contributed by atoms with E-state index in [1.807, 2.05) is 12.1 Å². The molecule has 0 aliphatic heterocycles. The van der Waals surface area contributed by atoms with Crippen molar-refractivity contribution in [2.75, 3.05) is 6.54 Å². The highest BCUT2D eigenvalue weighted by molar-refractivity contribution is 5.83. The van der Waals surface area contributed by atoms with Crippen LogP contribution in [0, 0.1) is 0 Å². The molecule has 0 heterocycles. The number of hydrogen-bond donors (Lipinski definition) is 1. The number of carbonyl (C=O) groups is 1. The van der Waals surface area contributed by atoms with Gasteiger partial charge in [-0.05, 0) is 29.3 Å². The van der Waals surface area contributed by atoms with E-state index in [1.165, 1.54) is 16.3 Å². The van der Waals surface area contributed by atoms with Crippen molar-refractivity contribution in [2.24, 2.45) is 0 Å². The molecule has 0 radical (unpaired) electrons.